The van der Waals surface area contributed by atoms with E-state index in [4.69, 9.17) is 14.5 Å². The van der Waals surface area contributed by atoms with Gasteiger partial charge in [-0.1, -0.05) is 12.1 Å². The zero-order valence-corrected chi connectivity index (χ0v) is 18.2. The molecule has 5 rings (SSSR count). The van der Waals surface area contributed by atoms with Crippen LogP contribution in [-0.4, -0.2) is 66.6 Å². The summed E-state index contributed by atoms with van der Waals surface area (Å²) in [7, 11) is 0. The maximum Gasteiger partial charge on any atom is 0.238 e. The van der Waals surface area contributed by atoms with Gasteiger partial charge in [0.2, 0.25) is 5.91 Å². The molecule has 162 valence electrons. The van der Waals surface area contributed by atoms with Gasteiger partial charge < -0.3 is 14.8 Å². The van der Waals surface area contributed by atoms with Crippen molar-refractivity contribution in [1.29, 1.82) is 0 Å². The number of benzene rings is 2. The van der Waals surface area contributed by atoms with Crippen molar-refractivity contribution in [3.63, 3.8) is 0 Å². The Labute approximate surface area is 185 Å². The molecule has 1 amide bonds. The molecule has 0 unspecified atom stereocenters. The monoisotopic (exact) mass is 438 g/mol. The summed E-state index contributed by atoms with van der Waals surface area (Å²) in [5.41, 5.74) is 1.82. The van der Waals surface area contributed by atoms with E-state index in [0.29, 0.717) is 25.5 Å². The second kappa shape index (κ2) is 9.21. The molecule has 0 radical (unpaired) electrons. The Hall–Kier alpha value is -2.68. The first-order chi connectivity index (χ1) is 15.2. The average molecular weight is 439 g/mol. The molecule has 1 aromatic heterocycles. The third-order valence-electron chi connectivity index (χ3n) is 5.56. The quantitative estimate of drug-likeness (QED) is 0.660. The van der Waals surface area contributed by atoms with Crippen LogP contribution in [0.2, 0.25) is 0 Å². The minimum Gasteiger partial charge on any atom is -0.490 e. The fourth-order valence-electron chi connectivity index (χ4n) is 3.93. The van der Waals surface area contributed by atoms with Crippen molar-refractivity contribution in [1.82, 2.24) is 14.8 Å². The molecule has 3 heterocycles. The van der Waals surface area contributed by atoms with E-state index in [1.165, 1.54) is 4.70 Å². The number of piperazine rings is 1. The van der Waals surface area contributed by atoms with Crippen molar-refractivity contribution in [2.24, 2.45) is 0 Å². The van der Waals surface area contributed by atoms with Crippen LogP contribution in [0.3, 0.4) is 0 Å². The highest BCUT2D eigenvalue weighted by Gasteiger charge is 2.20. The minimum absolute atomic E-state index is 0.00545. The van der Waals surface area contributed by atoms with Crippen molar-refractivity contribution < 1.29 is 14.3 Å². The first-order valence-corrected chi connectivity index (χ1v) is 11.5. The Balaban J connectivity index is 1.10. The Morgan fingerprint density at radius 3 is 2.61 bits per heavy atom. The Bertz CT molecular complexity index is 1030. The number of hydrogen-bond donors (Lipinski definition) is 1. The lowest BCUT2D eigenvalue weighted by Crippen LogP contribution is -2.48. The van der Waals surface area contributed by atoms with Crippen LogP contribution in [0.1, 0.15) is 11.4 Å². The lowest BCUT2D eigenvalue weighted by molar-refractivity contribution is -0.117. The predicted molar refractivity (Wildman–Crippen MR) is 122 cm³/mol. The topological polar surface area (TPSA) is 66.9 Å². The van der Waals surface area contributed by atoms with E-state index in [1.807, 2.05) is 24.3 Å². The second-order valence-corrected chi connectivity index (χ2v) is 9.00. The van der Waals surface area contributed by atoms with E-state index in [9.17, 15) is 4.79 Å². The first kappa shape index (κ1) is 20.2. The maximum atomic E-state index is 12.5. The lowest BCUT2D eigenvalue weighted by Gasteiger charge is -2.33. The number of amides is 1. The van der Waals surface area contributed by atoms with Crippen LogP contribution in [0.25, 0.3) is 10.2 Å². The molecule has 1 fully saturated rings. The van der Waals surface area contributed by atoms with E-state index in [2.05, 4.69) is 33.3 Å². The normalized spacial score (nSPS) is 17.4. The van der Waals surface area contributed by atoms with Crippen LogP contribution >= 0.6 is 11.3 Å². The number of fused-ring (bicyclic) bond motifs is 2. The molecule has 0 spiro atoms. The number of rotatable bonds is 5. The van der Waals surface area contributed by atoms with Gasteiger partial charge in [-0.25, -0.2) is 4.98 Å². The number of carbonyl (C=O) groups excluding carboxylic acids is 1. The third kappa shape index (κ3) is 4.98. The number of thiazole rings is 1. The first-order valence-electron chi connectivity index (χ1n) is 10.7. The summed E-state index contributed by atoms with van der Waals surface area (Å²) in [6, 6.07) is 13.8. The maximum absolute atomic E-state index is 12.5. The molecule has 2 aliphatic rings. The molecular formula is C23H26N4O3S. The number of nitrogens with zero attached hydrogens (tertiary/aromatic N) is 3. The molecule has 3 aromatic rings. The second-order valence-electron chi connectivity index (χ2n) is 7.89. The van der Waals surface area contributed by atoms with Crippen LogP contribution < -0.4 is 14.8 Å². The molecule has 2 aliphatic heterocycles. The third-order valence-corrected chi connectivity index (χ3v) is 6.58. The van der Waals surface area contributed by atoms with Gasteiger partial charge in [0.05, 0.1) is 36.5 Å². The number of anilines is 1. The van der Waals surface area contributed by atoms with Crippen LogP contribution in [0, 0.1) is 0 Å². The van der Waals surface area contributed by atoms with Gasteiger partial charge in [0, 0.05) is 44.4 Å². The highest BCUT2D eigenvalue weighted by Crippen LogP contribution is 2.32. The summed E-state index contributed by atoms with van der Waals surface area (Å²) in [5.74, 6) is 1.42. The zero-order valence-electron chi connectivity index (χ0n) is 17.4. The summed E-state index contributed by atoms with van der Waals surface area (Å²) in [6.07, 6.45) is 0.862. The molecule has 1 saturated heterocycles. The molecule has 2 aromatic carbocycles. The summed E-state index contributed by atoms with van der Waals surface area (Å²) in [5, 5.41) is 4.14. The van der Waals surface area contributed by atoms with Gasteiger partial charge >= 0.3 is 0 Å². The highest BCUT2D eigenvalue weighted by atomic mass is 32.1. The van der Waals surface area contributed by atoms with Crippen molar-refractivity contribution in [2.75, 3.05) is 51.3 Å². The van der Waals surface area contributed by atoms with Gasteiger partial charge in [-0.3, -0.25) is 14.6 Å². The summed E-state index contributed by atoms with van der Waals surface area (Å²) >= 11 is 1.76. The minimum atomic E-state index is -0.00545. The zero-order chi connectivity index (χ0) is 21.0. The van der Waals surface area contributed by atoms with Crippen LogP contribution in [0.15, 0.2) is 42.5 Å². The predicted octanol–water partition coefficient (Wildman–Crippen LogP) is 3.21. The van der Waals surface area contributed by atoms with E-state index in [1.54, 1.807) is 11.3 Å². The fourth-order valence-corrected chi connectivity index (χ4v) is 4.94. The number of ether oxygens (including phenoxy) is 2. The van der Waals surface area contributed by atoms with Crippen molar-refractivity contribution in [2.45, 2.75) is 13.0 Å². The van der Waals surface area contributed by atoms with Crippen molar-refractivity contribution >= 4 is 33.1 Å². The number of nitrogens with one attached hydrogen (secondary N) is 1. The number of carbonyl (C=O) groups is 1. The van der Waals surface area contributed by atoms with E-state index in [-0.39, 0.29) is 5.91 Å². The van der Waals surface area contributed by atoms with E-state index in [0.717, 1.165) is 61.1 Å². The average Bonchev–Trinajstić information content (AvgIpc) is 3.03. The Morgan fingerprint density at radius 2 is 1.77 bits per heavy atom. The van der Waals surface area contributed by atoms with Gasteiger partial charge in [-0.15, -0.1) is 11.3 Å². The van der Waals surface area contributed by atoms with Crippen LogP contribution in [0.5, 0.6) is 11.5 Å². The lowest BCUT2D eigenvalue weighted by atomic mass is 10.2. The van der Waals surface area contributed by atoms with Crippen molar-refractivity contribution in [3.8, 4) is 11.5 Å². The van der Waals surface area contributed by atoms with Gasteiger partial charge in [0.15, 0.2) is 11.5 Å². The van der Waals surface area contributed by atoms with E-state index < -0.39 is 0 Å². The molecule has 8 heteroatoms. The Morgan fingerprint density at radius 1 is 1.00 bits per heavy atom. The Kier molecular flexibility index (Phi) is 6.01. The largest absolute Gasteiger partial charge is 0.490 e. The molecule has 0 bridgehead atoms. The molecule has 0 saturated carbocycles. The fraction of sp³-hybridized carbons (Fsp3) is 0.391. The molecule has 31 heavy (non-hydrogen) atoms. The van der Waals surface area contributed by atoms with Crippen LogP contribution in [-0.2, 0) is 11.3 Å². The summed E-state index contributed by atoms with van der Waals surface area (Å²) < 4.78 is 12.6. The summed E-state index contributed by atoms with van der Waals surface area (Å²) in [4.78, 5) is 21.9. The highest BCUT2D eigenvalue weighted by molar-refractivity contribution is 7.18. The smallest absolute Gasteiger partial charge is 0.238 e. The van der Waals surface area contributed by atoms with Gasteiger partial charge in [0.1, 0.15) is 5.01 Å². The SMILES string of the molecule is O=C(CN1CCN(Cc2nc3ccccc3s2)CC1)Nc1ccc2c(c1)OCCCO2. The molecule has 7 nitrogen and oxygen atoms in total. The van der Waals surface area contributed by atoms with Crippen LogP contribution in [0.4, 0.5) is 5.69 Å². The van der Waals surface area contributed by atoms with Gasteiger partial charge in [-0.2, -0.15) is 0 Å². The number of hydrogen-bond acceptors (Lipinski definition) is 7. The van der Waals surface area contributed by atoms with E-state index >= 15 is 0 Å². The van der Waals surface area contributed by atoms with Crippen molar-refractivity contribution in [3.05, 3.63) is 47.5 Å². The molecule has 0 atom stereocenters. The number of para-hydroxylation sites is 1. The molecule has 0 aliphatic carbocycles. The van der Waals surface area contributed by atoms with Gasteiger partial charge in [0.25, 0.3) is 0 Å². The molecular weight excluding hydrogens is 412 g/mol. The standard InChI is InChI=1S/C23H26N4O3S/c28-22(24-17-6-7-19-20(14-17)30-13-3-12-29-19)15-26-8-10-27(11-9-26)16-23-25-18-4-1-2-5-21(18)31-23/h1-2,4-7,14H,3,8-13,15-16H2,(H,24,28). The van der Waals surface area contributed by atoms with Gasteiger partial charge in [-0.05, 0) is 24.3 Å². The number of aromatic nitrogens is 1. The summed E-state index contributed by atoms with van der Waals surface area (Å²) in [6.45, 7) is 6.18. The molecule has 1 N–H and O–H groups in total.